The summed E-state index contributed by atoms with van der Waals surface area (Å²) < 4.78 is 0. The highest BCUT2D eigenvalue weighted by Gasteiger charge is 2.46. The van der Waals surface area contributed by atoms with Crippen molar-refractivity contribution in [3.05, 3.63) is 64.9 Å². The van der Waals surface area contributed by atoms with Gasteiger partial charge in [0.2, 0.25) is 17.7 Å². The van der Waals surface area contributed by atoms with Gasteiger partial charge in [0.05, 0.1) is 24.4 Å². The van der Waals surface area contributed by atoms with E-state index in [2.05, 4.69) is 20.9 Å². The molecule has 2 aromatic rings. The molecule has 0 unspecified atom stereocenters. The molecular weight excluding hydrogens is 472 g/mol. The van der Waals surface area contributed by atoms with E-state index < -0.39 is 53.3 Å². The molecule has 1 aliphatic rings. The maximum Gasteiger partial charge on any atom is 0.270 e. The minimum atomic E-state index is -1.16. The Bertz CT molecular complexity index is 1140. The number of aromatic nitrogens is 1. The van der Waals surface area contributed by atoms with Crippen LogP contribution in [0.2, 0.25) is 5.15 Å². The van der Waals surface area contributed by atoms with E-state index in [1.807, 2.05) is 6.07 Å². The Hall–Kier alpha value is -3.59. The van der Waals surface area contributed by atoms with Gasteiger partial charge in [-0.05, 0) is 23.6 Å². The van der Waals surface area contributed by atoms with Crippen molar-refractivity contribution in [3.63, 3.8) is 0 Å². The number of rotatable bonds is 9. The minimum absolute atomic E-state index is 0.0972. The molecule has 184 valence electrons. The predicted octanol–water partition coefficient (Wildman–Crippen LogP) is 2.21. The molecule has 3 N–H and O–H groups in total. The van der Waals surface area contributed by atoms with Crippen molar-refractivity contribution in [1.29, 1.82) is 0 Å². The lowest BCUT2D eigenvalue weighted by atomic mass is 9.85. The summed E-state index contributed by atoms with van der Waals surface area (Å²) in [6.45, 7) is 4.99. The Morgan fingerprint density at radius 3 is 2.26 bits per heavy atom. The molecule has 1 fully saturated rings. The topological polar surface area (TPSA) is 134 Å². The quantitative estimate of drug-likeness (QED) is 0.276. The Balaban J connectivity index is 1.77. The van der Waals surface area contributed by atoms with Gasteiger partial charge in [0.1, 0.15) is 16.8 Å². The molecule has 35 heavy (non-hydrogen) atoms. The Morgan fingerprint density at radius 2 is 1.69 bits per heavy atom. The van der Waals surface area contributed by atoms with Crippen molar-refractivity contribution in [2.45, 2.75) is 39.3 Å². The number of nitrogens with one attached hydrogen (secondary N) is 3. The van der Waals surface area contributed by atoms with Crippen LogP contribution in [0.25, 0.3) is 0 Å². The van der Waals surface area contributed by atoms with Gasteiger partial charge in [-0.1, -0.05) is 68.8 Å². The zero-order chi connectivity index (χ0) is 25.7. The maximum atomic E-state index is 13.1. The molecule has 0 radical (unpaired) electrons. The zero-order valence-corrected chi connectivity index (χ0v) is 20.3. The van der Waals surface area contributed by atoms with Gasteiger partial charge in [-0.15, -0.1) is 0 Å². The normalized spacial score (nSPS) is 19.1. The first-order valence-electron chi connectivity index (χ1n) is 11.2. The molecule has 1 saturated heterocycles. The van der Waals surface area contributed by atoms with Gasteiger partial charge in [0, 0.05) is 0 Å². The van der Waals surface area contributed by atoms with E-state index in [1.54, 1.807) is 50.2 Å². The molecule has 0 spiro atoms. The lowest BCUT2D eigenvalue weighted by molar-refractivity contribution is -0.137. The second-order valence-electron chi connectivity index (χ2n) is 8.80. The summed E-state index contributed by atoms with van der Waals surface area (Å²) in [5.74, 6) is -5.00. The van der Waals surface area contributed by atoms with E-state index in [0.29, 0.717) is 5.56 Å². The predicted molar refractivity (Wildman–Crippen MR) is 128 cm³/mol. The molecule has 1 aromatic carbocycles. The summed E-state index contributed by atoms with van der Waals surface area (Å²) in [6, 6.07) is 11.9. The lowest BCUT2D eigenvalue weighted by Crippen LogP contribution is -2.49. The number of pyridine rings is 1. The van der Waals surface area contributed by atoms with Crippen molar-refractivity contribution >= 4 is 41.0 Å². The molecule has 10 heteroatoms. The van der Waals surface area contributed by atoms with Crippen LogP contribution in [-0.4, -0.2) is 40.4 Å². The van der Waals surface area contributed by atoms with Crippen LogP contribution >= 0.6 is 11.6 Å². The van der Waals surface area contributed by atoms with Crippen molar-refractivity contribution in [1.82, 2.24) is 20.9 Å². The number of amides is 4. The van der Waals surface area contributed by atoms with Gasteiger partial charge in [0.15, 0.2) is 5.78 Å². The fourth-order valence-corrected chi connectivity index (χ4v) is 4.11. The number of nitrogens with zero attached hydrogens (tertiary/aromatic N) is 1. The highest BCUT2D eigenvalue weighted by molar-refractivity contribution is 6.29. The van der Waals surface area contributed by atoms with Gasteiger partial charge < -0.3 is 10.6 Å². The molecule has 0 saturated carbocycles. The van der Waals surface area contributed by atoms with E-state index in [1.165, 1.54) is 13.0 Å². The van der Waals surface area contributed by atoms with Crippen LogP contribution < -0.4 is 16.0 Å². The van der Waals surface area contributed by atoms with Gasteiger partial charge in [-0.2, -0.15) is 0 Å². The number of halogens is 1. The number of hydrogen-bond acceptors (Lipinski definition) is 6. The van der Waals surface area contributed by atoms with E-state index in [-0.39, 0.29) is 23.2 Å². The van der Waals surface area contributed by atoms with Gasteiger partial charge in [0.25, 0.3) is 5.91 Å². The third kappa shape index (κ3) is 6.30. The lowest BCUT2D eigenvalue weighted by Gasteiger charge is -2.26. The average molecular weight is 499 g/mol. The molecule has 3 rings (SSSR count). The molecule has 1 aromatic heterocycles. The minimum Gasteiger partial charge on any atom is -0.346 e. The standard InChI is InChI=1S/C25H27ClN4O5/c1-13(2)21(22(32)20-14(3)23(33)30-25(20)35)29-19(31)12-17(15-8-5-4-6-9-15)28-24(34)16-10-7-11-18(26)27-16/h4-11,13-14,17,20-21H,12H2,1-3H3,(H,28,34)(H,29,31)(H,30,33,35)/t14-,17-,20+,21+/m0/s1. The molecule has 4 amide bonds. The molecule has 1 aliphatic heterocycles. The van der Waals surface area contributed by atoms with Crippen LogP contribution in [0.4, 0.5) is 0 Å². The van der Waals surface area contributed by atoms with Crippen LogP contribution in [0.15, 0.2) is 48.5 Å². The van der Waals surface area contributed by atoms with E-state index >= 15 is 0 Å². The van der Waals surface area contributed by atoms with Crippen LogP contribution in [0.3, 0.4) is 0 Å². The maximum absolute atomic E-state index is 13.1. The average Bonchev–Trinajstić information content (AvgIpc) is 3.07. The number of carbonyl (C=O) groups is 5. The van der Waals surface area contributed by atoms with Gasteiger partial charge in [-0.25, -0.2) is 4.98 Å². The third-order valence-corrected chi connectivity index (χ3v) is 6.09. The second-order valence-corrected chi connectivity index (χ2v) is 9.19. The third-order valence-electron chi connectivity index (χ3n) is 5.88. The number of ketones is 1. The smallest absolute Gasteiger partial charge is 0.270 e. The number of hydrogen-bond donors (Lipinski definition) is 3. The first-order valence-corrected chi connectivity index (χ1v) is 11.6. The van der Waals surface area contributed by atoms with Crippen molar-refractivity contribution < 1.29 is 24.0 Å². The van der Waals surface area contributed by atoms with Gasteiger partial charge in [-0.3, -0.25) is 29.3 Å². The van der Waals surface area contributed by atoms with Crippen LogP contribution in [0, 0.1) is 17.8 Å². The first-order chi connectivity index (χ1) is 16.6. The summed E-state index contributed by atoms with van der Waals surface area (Å²) in [4.78, 5) is 66.9. The number of benzene rings is 1. The largest absolute Gasteiger partial charge is 0.346 e. The van der Waals surface area contributed by atoms with Crippen LogP contribution in [0.5, 0.6) is 0 Å². The second kappa shape index (κ2) is 11.2. The van der Waals surface area contributed by atoms with E-state index in [0.717, 1.165) is 0 Å². The summed E-state index contributed by atoms with van der Waals surface area (Å²) in [7, 11) is 0. The molecule has 2 heterocycles. The molecule has 0 aliphatic carbocycles. The van der Waals surface area contributed by atoms with Crippen molar-refractivity contribution in [2.75, 3.05) is 0 Å². The fraction of sp³-hybridized carbons (Fsp3) is 0.360. The highest BCUT2D eigenvalue weighted by Crippen LogP contribution is 2.24. The zero-order valence-electron chi connectivity index (χ0n) is 19.6. The SMILES string of the molecule is CC(C)[C@@H](NC(=O)C[C@H](NC(=O)c1cccc(Cl)n1)c1ccccc1)C(=O)[C@@H]1C(=O)NC(=O)[C@H]1C. The Labute approximate surface area is 208 Å². The molecular formula is C25H27ClN4O5. The summed E-state index contributed by atoms with van der Waals surface area (Å²) in [6.07, 6.45) is -0.168. The summed E-state index contributed by atoms with van der Waals surface area (Å²) in [5, 5.41) is 7.83. The first kappa shape index (κ1) is 26.0. The molecule has 0 bridgehead atoms. The highest BCUT2D eigenvalue weighted by atomic mass is 35.5. The molecule has 9 nitrogen and oxygen atoms in total. The fourth-order valence-electron chi connectivity index (χ4n) is 3.95. The van der Waals surface area contributed by atoms with E-state index in [4.69, 9.17) is 11.6 Å². The number of carbonyl (C=O) groups excluding carboxylic acids is 5. The Morgan fingerprint density at radius 1 is 1.00 bits per heavy atom. The molecule has 4 atom stereocenters. The number of Topliss-reactive ketones (excluding diaryl/α,β-unsaturated/α-hetero) is 1. The van der Waals surface area contributed by atoms with Crippen molar-refractivity contribution in [2.24, 2.45) is 17.8 Å². The van der Waals surface area contributed by atoms with E-state index in [9.17, 15) is 24.0 Å². The van der Waals surface area contributed by atoms with Crippen LogP contribution in [0.1, 0.15) is 49.3 Å². The number of imide groups is 1. The van der Waals surface area contributed by atoms with Gasteiger partial charge >= 0.3 is 0 Å². The Kier molecular flexibility index (Phi) is 8.34. The summed E-state index contributed by atoms with van der Waals surface area (Å²) >= 11 is 5.89. The monoisotopic (exact) mass is 498 g/mol. The van der Waals surface area contributed by atoms with Crippen molar-refractivity contribution in [3.8, 4) is 0 Å². The van der Waals surface area contributed by atoms with Crippen LogP contribution in [-0.2, 0) is 19.2 Å². The summed E-state index contributed by atoms with van der Waals surface area (Å²) in [5.41, 5.74) is 0.778.